The molecule has 13 heteroatoms. The fourth-order valence-electron chi connectivity index (χ4n) is 4.12. The van der Waals surface area contributed by atoms with Crippen LogP contribution in [0.2, 0.25) is 0 Å². The van der Waals surface area contributed by atoms with Gasteiger partial charge in [-0.15, -0.1) is 0 Å². The summed E-state index contributed by atoms with van der Waals surface area (Å²) in [5.41, 5.74) is 4.06. The number of benzene rings is 2. The van der Waals surface area contributed by atoms with E-state index in [9.17, 15) is 29.4 Å². The van der Waals surface area contributed by atoms with Crippen LogP contribution in [-0.4, -0.2) is 80.7 Å². The molecule has 0 fully saturated rings. The second kappa shape index (κ2) is 28.9. The number of nitrogens with zero attached hydrogens (tertiary/aromatic N) is 4. The zero-order valence-electron chi connectivity index (χ0n) is 30.0. The van der Waals surface area contributed by atoms with Crippen LogP contribution in [0, 0.1) is 0 Å². The molecule has 2 heterocycles. The van der Waals surface area contributed by atoms with Gasteiger partial charge in [0.1, 0.15) is 0 Å². The zero-order chi connectivity index (χ0) is 35.9. The monoisotopic (exact) mass is 753 g/mol. The third kappa shape index (κ3) is 18.6. The van der Waals surface area contributed by atoms with Crippen LogP contribution < -0.4 is 10.2 Å². The molecule has 4 N–H and O–H groups in total. The Balaban J connectivity index is -0.000000592. The van der Waals surface area contributed by atoms with E-state index in [0.29, 0.717) is 11.1 Å². The Morgan fingerprint density at radius 1 is 0.510 bits per heavy atom. The maximum atomic E-state index is 11.7. The van der Waals surface area contributed by atoms with Crippen LogP contribution in [0.25, 0.3) is 0 Å². The number of hydrogen-bond donors (Lipinski definition) is 0. The molecule has 281 valence electrons. The quantitative estimate of drug-likeness (QED) is 0.219. The smallest absolute Gasteiger partial charge is 0.545 e. The van der Waals surface area contributed by atoms with Gasteiger partial charge >= 0.3 is 17.1 Å². The van der Waals surface area contributed by atoms with Crippen molar-refractivity contribution in [2.24, 2.45) is 0 Å². The van der Waals surface area contributed by atoms with E-state index in [0.717, 1.165) is 50.1 Å². The normalized spacial score (nSPS) is 9.06. The number of carboxylic acids is 2. The minimum atomic E-state index is -1.12. The molecule has 51 heavy (non-hydrogen) atoms. The molecule has 0 aliphatic heterocycles. The minimum Gasteiger partial charge on any atom is -0.545 e. The SMILES string of the molecule is CCN(CC)C(=O)c1cccnc1.CCN(CC)C(=O)c1cccnc1.CCc1ccc(C(=O)[O-])cc1.CCc1ccc(C(=O)[O-])cc1.O.O.[Cu+2]. The summed E-state index contributed by atoms with van der Waals surface area (Å²) in [6.45, 7) is 14.9. The van der Waals surface area contributed by atoms with Gasteiger partial charge in [-0.2, -0.15) is 0 Å². The van der Waals surface area contributed by atoms with Crippen molar-refractivity contribution < 1.29 is 57.4 Å². The number of carbonyl (C=O) groups is 4. The standard InChI is InChI=1S/2C10H14N2O.2C9H10O2.Cu.2H2O/c2*1-3-12(4-2)10(13)9-6-5-7-11-8-9;2*1-2-7-3-5-8(6-4-7)9(10)11;;;/h2*5-8H,3-4H2,1-2H3;2*3-6H,2H2,1H3,(H,10,11);;2*1H2/q;;;;+2;;/p-2. The number of carbonyl (C=O) groups excluding carboxylic acids is 4. The van der Waals surface area contributed by atoms with Gasteiger partial charge in [0.25, 0.3) is 11.8 Å². The first-order chi connectivity index (χ1) is 23.1. The van der Waals surface area contributed by atoms with Crippen LogP contribution in [0.1, 0.15) is 94.1 Å². The molecule has 2 aromatic carbocycles. The third-order valence-electron chi connectivity index (χ3n) is 7.11. The Morgan fingerprint density at radius 2 is 0.804 bits per heavy atom. The summed E-state index contributed by atoms with van der Waals surface area (Å²) in [5, 5.41) is 20.6. The van der Waals surface area contributed by atoms with Gasteiger partial charge in [-0.1, -0.05) is 62.4 Å². The molecule has 4 rings (SSSR count). The van der Waals surface area contributed by atoms with E-state index in [1.54, 1.807) is 107 Å². The topological polar surface area (TPSA) is 210 Å². The molecule has 0 spiro atoms. The summed E-state index contributed by atoms with van der Waals surface area (Å²) in [6.07, 6.45) is 8.37. The Kier molecular flexibility index (Phi) is 28.5. The first-order valence-electron chi connectivity index (χ1n) is 16.1. The predicted octanol–water partition coefficient (Wildman–Crippen LogP) is 2.70. The van der Waals surface area contributed by atoms with E-state index in [4.69, 9.17) is 0 Å². The number of pyridine rings is 2. The van der Waals surface area contributed by atoms with E-state index >= 15 is 0 Å². The van der Waals surface area contributed by atoms with Gasteiger partial charge in [0.15, 0.2) is 0 Å². The Bertz CT molecular complexity index is 1400. The van der Waals surface area contributed by atoms with Gasteiger partial charge in [0.2, 0.25) is 0 Å². The average molecular weight is 754 g/mol. The van der Waals surface area contributed by atoms with E-state index in [1.165, 1.54) is 0 Å². The van der Waals surface area contributed by atoms with Crippen molar-refractivity contribution in [3.8, 4) is 0 Å². The first kappa shape index (κ1) is 50.4. The van der Waals surface area contributed by atoms with Crippen LogP contribution in [0.3, 0.4) is 0 Å². The number of aryl methyl sites for hydroxylation is 2. The van der Waals surface area contributed by atoms with Crippen LogP contribution in [0.15, 0.2) is 97.6 Å². The summed E-state index contributed by atoms with van der Waals surface area (Å²) in [5.74, 6) is -2.13. The molecule has 0 bridgehead atoms. The summed E-state index contributed by atoms with van der Waals surface area (Å²) >= 11 is 0. The summed E-state index contributed by atoms with van der Waals surface area (Å²) in [4.78, 5) is 55.3. The molecule has 4 aromatic rings. The number of rotatable bonds is 10. The molecule has 12 nitrogen and oxygen atoms in total. The molecule has 0 atom stereocenters. The summed E-state index contributed by atoms with van der Waals surface area (Å²) < 4.78 is 0. The van der Waals surface area contributed by atoms with Crippen LogP contribution in [-0.2, 0) is 29.9 Å². The van der Waals surface area contributed by atoms with E-state index in [1.807, 2.05) is 41.5 Å². The Hall–Kier alpha value is -4.94. The van der Waals surface area contributed by atoms with Gasteiger partial charge < -0.3 is 40.6 Å². The Labute approximate surface area is 311 Å². The van der Waals surface area contributed by atoms with Crippen molar-refractivity contribution in [3.05, 3.63) is 131 Å². The van der Waals surface area contributed by atoms with E-state index < -0.39 is 11.9 Å². The molecule has 2 amide bonds. The third-order valence-corrected chi connectivity index (χ3v) is 7.11. The number of hydrogen-bond acceptors (Lipinski definition) is 8. The average Bonchev–Trinajstić information content (AvgIpc) is 3.14. The zero-order valence-corrected chi connectivity index (χ0v) is 31.0. The van der Waals surface area contributed by atoms with Crippen molar-refractivity contribution in [2.75, 3.05) is 26.2 Å². The predicted molar refractivity (Wildman–Crippen MR) is 191 cm³/mol. The minimum absolute atomic E-state index is 0. The first-order valence-corrected chi connectivity index (χ1v) is 16.1. The van der Waals surface area contributed by atoms with Crippen LogP contribution in [0.5, 0.6) is 0 Å². The molecule has 2 aromatic heterocycles. The number of aromatic nitrogens is 2. The second-order valence-corrected chi connectivity index (χ2v) is 10.1. The van der Waals surface area contributed by atoms with Gasteiger partial charge in [-0.25, -0.2) is 0 Å². The molecule has 0 aliphatic carbocycles. The largest absolute Gasteiger partial charge is 2.00 e. The second-order valence-electron chi connectivity index (χ2n) is 10.1. The van der Waals surface area contributed by atoms with Crippen molar-refractivity contribution in [3.63, 3.8) is 0 Å². The van der Waals surface area contributed by atoms with Crippen molar-refractivity contribution >= 4 is 23.8 Å². The molecule has 0 aliphatic rings. The fourth-order valence-corrected chi connectivity index (χ4v) is 4.12. The van der Waals surface area contributed by atoms with Crippen molar-refractivity contribution in [1.29, 1.82) is 0 Å². The van der Waals surface area contributed by atoms with Gasteiger partial charge in [-0.05, 0) is 87.1 Å². The number of aromatic carboxylic acids is 2. The Morgan fingerprint density at radius 3 is 1.00 bits per heavy atom. The molecule has 0 saturated carbocycles. The van der Waals surface area contributed by atoms with E-state index in [-0.39, 0.29) is 51.0 Å². The maximum Gasteiger partial charge on any atom is 2.00 e. The van der Waals surface area contributed by atoms with Gasteiger partial charge in [0.05, 0.1) is 23.1 Å². The van der Waals surface area contributed by atoms with Crippen molar-refractivity contribution in [1.82, 2.24) is 19.8 Å². The molecule has 0 unspecified atom stereocenters. The molecule has 1 radical (unpaired) electrons. The molecular formula is C38H50CuN4O8. The number of carboxylic acid groups (broad SMARTS) is 2. The van der Waals surface area contributed by atoms with Gasteiger partial charge in [-0.3, -0.25) is 19.6 Å². The van der Waals surface area contributed by atoms with Gasteiger partial charge in [0, 0.05) is 51.0 Å². The summed E-state index contributed by atoms with van der Waals surface area (Å²) in [7, 11) is 0. The molecular weight excluding hydrogens is 704 g/mol. The van der Waals surface area contributed by atoms with E-state index in [2.05, 4.69) is 9.97 Å². The maximum absolute atomic E-state index is 11.7. The molecule has 0 saturated heterocycles. The fraction of sp³-hybridized carbons (Fsp3) is 0.316. The van der Waals surface area contributed by atoms with Crippen LogP contribution >= 0.6 is 0 Å². The summed E-state index contributed by atoms with van der Waals surface area (Å²) in [6, 6.07) is 20.6. The van der Waals surface area contributed by atoms with Crippen LogP contribution in [0.4, 0.5) is 0 Å². The van der Waals surface area contributed by atoms with Crippen molar-refractivity contribution in [2.45, 2.75) is 54.4 Å². The number of amides is 2.